The van der Waals surface area contributed by atoms with E-state index in [1.807, 2.05) is 0 Å². The maximum Gasteiger partial charge on any atom is 0.255 e. The Kier molecular flexibility index (Phi) is 3.42. The molecule has 21 heavy (non-hydrogen) atoms. The Morgan fingerprint density at radius 1 is 1.24 bits per heavy atom. The third-order valence-electron chi connectivity index (χ3n) is 2.97. The molecule has 1 aliphatic heterocycles. The van der Waals surface area contributed by atoms with Crippen LogP contribution in [0.1, 0.15) is 10.4 Å². The molecule has 0 saturated heterocycles. The van der Waals surface area contributed by atoms with Gasteiger partial charge in [0.2, 0.25) is 6.79 Å². The average molecular weight is 353 g/mol. The molecule has 2 aromatic carbocycles. The zero-order chi connectivity index (χ0) is 15.0. The number of hydrogen-bond acceptors (Lipinski definition) is 4. The molecule has 3 rings (SSSR count). The van der Waals surface area contributed by atoms with Crippen molar-refractivity contribution in [2.45, 2.75) is 0 Å². The van der Waals surface area contributed by atoms with Crippen LogP contribution >= 0.6 is 15.9 Å². The molecule has 0 aliphatic carbocycles. The Labute approximate surface area is 128 Å². The van der Waals surface area contributed by atoms with E-state index in [4.69, 9.17) is 15.2 Å². The molecule has 5 nitrogen and oxygen atoms in total. The van der Waals surface area contributed by atoms with E-state index < -0.39 is 11.7 Å². The minimum atomic E-state index is -0.513. The molecule has 7 heteroatoms. The monoisotopic (exact) mass is 352 g/mol. The number of nitrogens with two attached hydrogens (primary N) is 1. The van der Waals surface area contributed by atoms with Crippen molar-refractivity contribution in [2.24, 2.45) is 0 Å². The number of hydrogen-bond donors (Lipinski definition) is 2. The van der Waals surface area contributed by atoms with Gasteiger partial charge in [-0.3, -0.25) is 4.79 Å². The molecule has 1 heterocycles. The number of carbonyl (C=O) groups excluding carboxylic acids is 1. The first kappa shape index (κ1) is 13.7. The minimum Gasteiger partial charge on any atom is -0.454 e. The molecule has 1 amide bonds. The average Bonchev–Trinajstić information content (AvgIpc) is 2.89. The normalized spacial score (nSPS) is 12.3. The molecule has 1 aliphatic rings. The standard InChI is InChI=1S/C14H10BrFN2O3/c15-8-2-1-7(3-9(8)16)14(19)18-11-5-13-12(4-10(11)17)20-6-21-13/h1-5H,6,17H2,(H,18,19). The number of ether oxygens (including phenoxy) is 2. The molecule has 0 fully saturated rings. The minimum absolute atomic E-state index is 0.115. The van der Waals surface area contributed by atoms with Crippen molar-refractivity contribution in [3.63, 3.8) is 0 Å². The second kappa shape index (κ2) is 5.25. The van der Waals surface area contributed by atoms with Crippen molar-refractivity contribution >= 4 is 33.2 Å². The Balaban J connectivity index is 1.86. The number of benzene rings is 2. The summed E-state index contributed by atoms with van der Waals surface area (Å²) in [7, 11) is 0. The first-order chi connectivity index (χ1) is 10.0. The molecule has 2 aromatic rings. The highest BCUT2D eigenvalue weighted by molar-refractivity contribution is 9.10. The highest BCUT2D eigenvalue weighted by Crippen LogP contribution is 2.38. The molecule has 0 radical (unpaired) electrons. The van der Waals surface area contributed by atoms with E-state index in [2.05, 4.69) is 21.2 Å². The van der Waals surface area contributed by atoms with Crippen LogP contribution in [0.5, 0.6) is 11.5 Å². The summed E-state index contributed by atoms with van der Waals surface area (Å²) in [6.07, 6.45) is 0. The van der Waals surface area contributed by atoms with Gasteiger partial charge in [0.05, 0.1) is 15.8 Å². The summed E-state index contributed by atoms with van der Waals surface area (Å²) >= 11 is 3.03. The van der Waals surface area contributed by atoms with Crippen LogP contribution < -0.4 is 20.5 Å². The van der Waals surface area contributed by atoms with Crippen LogP contribution in [0.2, 0.25) is 0 Å². The van der Waals surface area contributed by atoms with E-state index >= 15 is 0 Å². The van der Waals surface area contributed by atoms with Gasteiger partial charge in [0.25, 0.3) is 5.91 Å². The van der Waals surface area contributed by atoms with Gasteiger partial charge in [0, 0.05) is 17.7 Å². The Bertz CT molecular complexity index is 736. The summed E-state index contributed by atoms with van der Waals surface area (Å²) in [6, 6.07) is 7.26. The Morgan fingerprint density at radius 3 is 2.67 bits per heavy atom. The van der Waals surface area contributed by atoms with Gasteiger partial charge in [0.15, 0.2) is 11.5 Å². The van der Waals surface area contributed by atoms with E-state index in [-0.39, 0.29) is 12.4 Å². The lowest BCUT2D eigenvalue weighted by Gasteiger charge is -2.09. The van der Waals surface area contributed by atoms with Crippen LogP contribution in [0.15, 0.2) is 34.8 Å². The number of nitrogens with one attached hydrogen (secondary N) is 1. The molecule has 3 N–H and O–H groups in total. The first-order valence-corrected chi connectivity index (χ1v) is 6.79. The first-order valence-electron chi connectivity index (χ1n) is 6.00. The van der Waals surface area contributed by atoms with Crippen LogP contribution in [0.3, 0.4) is 0 Å². The van der Waals surface area contributed by atoms with Crippen molar-refractivity contribution in [3.05, 3.63) is 46.2 Å². The fourth-order valence-electron chi connectivity index (χ4n) is 1.90. The third kappa shape index (κ3) is 2.64. The van der Waals surface area contributed by atoms with E-state index in [1.165, 1.54) is 12.1 Å². The number of carbonyl (C=O) groups is 1. The fourth-order valence-corrected chi connectivity index (χ4v) is 2.14. The summed E-state index contributed by atoms with van der Waals surface area (Å²) in [4.78, 5) is 12.1. The highest BCUT2D eigenvalue weighted by atomic mass is 79.9. The van der Waals surface area contributed by atoms with E-state index in [9.17, 15) is 9.18 Å². The van der Waals surface area contributed by atoms with Gasteiger partial charge in [-0.25, -0.2) is 4.39 Å². The summed E-state index contributed by atoms with van der Waals surface area (Å²) < 4.78 is 24.1. The van der Waals surface area contributed by atoms with Gasteiger partial charge in [-0.15, -0.1) is 0 Å². The predicted molar refractivity (Wildman–Crippen MR) is 79.0 cm³/mol. The quantitative estimate of drug-likeness (QED) is 0.814. The number of halogens is 2. The number of rotatable bonds is 2. The van der Waals surface area contributed by atoms with Gasteiger partial charge < -0.3 is 20.5 Å². The van der Waals surface area contributed by atoms with Crippen molar-refractivity contribution in [1.82, 2.24) is 0 Å². The van der Waals surface area contributed by atoms with Crippen LogP contribution in [0.25, 0.3) is 0 Å². The van der Waals surface area contributed by atoms with Crippen LogP contribution in [-0.2, 0) is 0 Å². The second-order valence-electron chi connectivity index (χ2n) is 4.38. The molecule has 0 unspecified atom stereocenters. The summed E-state index contributed by atoms with van der Waals surface area (Å²) in [5, 5.41) is 2.62. The number of nitrogen functional groups attached to an aromatic ring is 1. The van der Waals surface area contributed by atoms with Crippen LogP contribution in [0, 0.1) is 5.82 Å². The van der Waals surface area contributed by atoms with Gasteiger partial charge >= 0.3 is 0 Å². The second-order valence-corrected chi connectivity index (χ2v) is 5.23. The zero-order valence-corrected chi connectivity index (χ0v) is 12.2. The number of fused-ring (bicyclic) bond motifs is 1. The summed E-state index contributed by atoms with van der Waals surface area (Å²) in [5.74, 6) is 0.0509. The number of anilines is 2. The van der Waals surface area contributed by atoms with E-state index in [0.29, 0.717) is 27.3 Å². The SMILES string of the molecule is Nc1cc2c(cc1NC(=O)c1ccc(Br)c(F)c1)OCO2. The third-order valence-corrected chi connectivity index (χ3v) is 3.62. The van der Waals surface area contributed by atoms with Gasteiger partial charge in [-0.1, -0.05) is 0 Å². The van der Waals surface area contributed by atoms with Gasteiger partial charge in [-0.05, 0) is 34.1 Å². The molecule has 0 saturated carbocycles. The van der Waals surface area contributed by atoms with Crippen molar-refractivity contribution in [3.8, 4) is 11.5 Å². The maximum atomic E-state index is 13.4. The lowest BCUT2D eigenvalue weighted by molar-refractivity contribution is 0.102. The molecular weight excluding hydrogens is 343 g/mol. The Hall–Kier alpha value is -2.28. The van der Waals surface area contributed by atoms with E-state index in [1.54, 1.807) is 12.1 Å². The molecule has 108 valence electrons. The lowest BCUT2D eigenvalue weighted by Crippen LogP contribution is -2.13. The van der Waals surface area contributed by atoms with Crippen molar-refractivity contribution in [1.29, 1.82) is 0 Å². The fraction of sp³-hybridized carbons (Fsp3) is 0.0714. The molecular formula is C14H10BrFN2O3. The lowest BCUT2D eigenvalue weighted by atomic mass is 10.2. The topological polar surface area (TPSA) is 73.6 Å². The maximum absolute atomic E-state index is 13.4. The summed E-state index contributed by atoms with van der Waals surface area (Å²) in [5.41, 5.74) is 6.75. The smallest absolute Gasteiger partial charge is 0.255 e. The predicted octanol–water partition coefficient (Wildman–Crippen LogP) is 3.15. The summed E-state index contributed by atoms with van der Waals surface area (Å²) in [6.45, 7) is 0.115. The largest absolute Gasteiger partial charge is 0.454 e. The zero-order valence-electron chi connectivity index (χ0n) is 10.7. The highest BCUT2D eigenvalue weighted by Gasteiger charge is 2.18. The van der Waals surface area contributed by atoms with Gasteiger partial charge in [0.1, 0.15) is 5.82 Å². The Morgan fingerprint density at radius 2 is 1.95 bits per heavy atom. The molecule has 0 bridgehead atoms. The molecule has 0 aromatic heterocycles. The van der Waals surface area contributed by atoms with E-state index in [0.717, 1.165) is 6.07 Å². The van der Waals surface area contributed by atoms with Crippen molar-refractivity contribution in [2.75, 3.05) is 17.8 Å². The number of amides is 1. The van der Waals surface area contributed by atoms with Gasteiger partial charge in [-0.2, -0.15) is 0 Å². The van der Waals surface area contributed by atoms with Crippen molar-refractivity contribution < 1.29 is 18.7 Å². The van der Waals surface area contributed by atoms with Crippen LogP contribution in [0.4, 0.5) is 15.8 Å². The van der Waals surface area contributed by atoms with Crippen LogP contribution in [-0.4, -0.2) is 12.7 Å². The molecule has 0 spiro atoms. The molecule has 0 atom stereocenters.